The summed E-state index contributed by atoms with van der Waals surface area (Å²) < 4.78 is 6.48. The third-order valence-electron chi connectivity index (χ3n) is 5.56. The van der Waals surface area contributed by atoms with Crippen LogP contribution >= 0.6 is 0 Å². The summed E-state index contributed by atoms with van der Waals surface area (Å²) in [6.45, 7) is 19.5. The number of rotatable bonds is 8. The quantitative estimate of drug-likeness (QED) is 0.572. The molecule has 0 unspecified atom stereocenters. The monoisotopic (exact) mass is 371 g/mol. The van der Waals surface area contributed by atoms with E-state index in [9.17, 15) is 4.79 Å². The predicted molar refractivity (Wildman–Crippen MR) is 113 cm³/mol. The number of ether oxygens (including phenoxy) is 1. The predicted octanol–water partition coefficient (Wildman–Crippen LogP) is 5.97. The number of amides is 1. The molecule has 1 aromatic carbocycles. The Morgan fingerprint density at radius 3 is 2.07 bits per heavy atom. The van der Waals surface area contributed by atoms with Gasteiger partial charge < -0.3 is 10.1 Å². The average Bonchev–Trinajstić information content (AvgIpc) is 2.92. The molecule has 3 heteroatoms. The molecule has 0 aliphatic carbocycles. The molecule has 1 N–H and O–H groups in total. The van der Waals surface area contributed by atoms with Crippen molar-refractivity contribution < 1.29 is 9.53 Å². The molecule has 1 heterocycles. The molecule has 2 rings (SSSR count). The third kappa shape index (κ3) is 5.01. The molecule has 0 bridgehead atoms. The first-order chi connectivity index (χ1) is 12.6. The summed E-state index contributed by atoms with van der Waals surface area (Å²) in [7, 11) is 0. The highest BCUT2D eigenvalue weighted by molar-refractivity contribution is 5.79. The van der Waals surface area contributed by atoms with Crippen LogP contribution in [0.3, 0.4) is 0 Å². The van der Waals surface area contributed by atoms with E-state index in [1.54, 1.807) is 0 Å². The van der Waals surface area contributed by atoms with Gasteiger partial charge in [0.25, 0.3) is 0 Å². The number of benzene rings is 1. The van der Waals surface area contributed by atoms with Crippen molar-refractivity contribution in [1.29, 1.82) is 0 Å². The second-order valence-corrected chi connectivity index (χ2v) is 8.80. The van der Waals surface area contributed by atoms with Crippen molar-refractivity contribution in [2.24, 2.45) is 0 Å². The fourth-order valence-electron chi connectivity index (χ4n) is 4.03. The van der Waals surface area contributed by atoms with E-state index in [-0.39, 0.29) is 24.2 Å². The van der Waals surface area contributed by atoms with Gasteiger partial charge >= 0.3 is 0 Å². The van der Waals surface area contributed by atoms with E-state index in [2.05, 4.69) is 72.5 Å². The van der Waals surface area contributed by atoms with Gasteiger partial charge in [0.1, 0.15) is 0 Å². The summed E-state index contributed by atoms with van der Waals surface area (Å²) in [4.78, 5) is 11.9. The maximum atomic E-state index is 11.9. The van der Waals surface area contributed by atoms with Crippen molar-refractivity contribution in [3.05, 3.63) is 47.0 Å². The van der Waals surface area contributed by atoms with Gasteiger partial charge in [0, 0.05) is 0 Å². The standard InChI is InChI=1S/C24H37NO2/c1-9-10-21-22(13-23(26)25-21)27-17(8)24-19(15(4)5)11-18(14(2)3)12-20(24)16(6)7/h9,11-12,14-17,21-22H,1,10,13H2,2-8H3,(H,25,26)/t17-,21+,22+/m0/s1. The lowest BCUT2D eigenvalue weighted by molar-refractivity contribution is -0.120. The molecule has 1 aromatic rings. The lowest BCUT2D eigenvalue weighted by atomic mass is 9.82. The van der Waals surface area contributed by atoms with Gasteiger partial charge in [-0.2, -0.15) is 0 Å². The molecule has 0 aromatic heterocycles. The highest BCUT2D eigenvalue weighted by atomic mass is 16.5. The number of carbonyl (C=O) groups is 1. The van der Waals surface area contributed by atoms with E-state index in [1.807, 2.05) is 6.08 Å². The molecule has 1 saturated heterocycles. The zero-order valence-corrected chi connectivity index (χ0v) is 18.1. The Morgan fingerprint density at radius 2 is 1.63 bits per heavy atom. The minimum absolute atomic E-state index is 0.0254. The molecule has 150 valence electrons. The van der Waals surface area contributed by atoms with Gasteiger partial charge in [-0.15, -0.1) is 6.58 Å². The molecule has 3 nitrogen and oxygen atoms in total. The van der Waals surface area contributed by atoms with E-state index in [0.717, 1.165) is 6.42 Å². The lowest BCUT2D eigenvalue weighted by Crippen LogP contribution is -2.33. The van der Waals surface area contributed by atoms with Crippen LogP contribution < -0.4 is 5.32 Å². The molecular weight excluding hydrogens is 334 g/mol. The van der Waals surface area contributed by atoms with Crippen molar-refractivity contribution in [1.82, 2.24) is 5.32 Å². The fourth-order valence-corrected chi connectivity index (χ4v) is 4.03. The summed E-state index contributed by atoms with van der Waals surface area (Å²) in [5.74, 6) is 1.42. The molecule has 0 spiro atoms. The molecule has 0 saturated carbocycles. The topological polar surface area (TPSA) is 38.3 Å². The molecule has 0 radical (unpaired) electrons. The summed E-state index contributed by atoms with van der Waals surface area (Å²) >= 11 is 0. The number of nitrogens with one attached hydrogen (secondary N) is 1. The summed E-state index contributed by atoms with van der Waals surface area (Å²) in [5, 5.41) is 3.03. The Kier molecular flexibility index (Phi) is 7.27. The van der Waals surface area contributed by atoms with Crippen LogP contribution in [-0.2, 0) is 9.53 Å². The second-order valence-electron chi connectivity index (χ2n) is 8.80. The molecule has 1 amide bonds. The minimum Gasteiger partial charge on any atom is -0.368 e. The number of carbonyl (C=O) groups excluding carboxylic acids is 1. The third-order valence-corrected chi connectivity index (χ3v) is 5.56. The largest absolute Gasteiger partial charge is 0.368 e. The summed E-state index contributed by atoms with van der Waals surface area (Å²) in [6, 6.07) is 4.74. The van der Waals surface area contributed by atoms with Gasteiger partial charge in [-0.1, -0.05) is 59.8 Å². The van der Waals surface area contributed by atoms with Crippen LogP contribution in [0.5, 0.6) is 0 Å². The van der Waals surface area contributed by atoms with E-state index < -0.39 is 0 Å². The zero-order valence-electron chi connectivity index (χ0n) is 18.1. The maximum Gasteiger partial charge on any atom is 0.223 e. The van der Waals surface area contributed by atoms with Crippen LogP contribution in [0.25, 0.3) is 0 Å². The van der Waals surface area contributed by atoms with Crippen molar-refractivity contribution in [2.45, 2.75) is 97.3 Å². The Bertz CT molecular complexity index is 646. The Hall–Kier alpha value is -1.61. The van der Waals surface area contributed by atoms with E-state index in [0.29, 0.717) is 24.2 Å². The van der Waals surface area contributed by atoms with Crippen molar-refractivity contribution in [3.63, 3.8) is 0 Å². The van der Waals surface area contributed by atoms with Crippen molar-refractivity contribution in [2.75, 3.05) is 0 Å². The normalized spacial score (nSPS) is 21.2. The van der Waals surface area contributed by atoms with Gasteiger partial charge in [0.15, 0.2) is 0 Å². The van der Waals surface area contributed by atoms with Crippen LogP contribution in [0.2, 0.25) is 0 Å². The SMILES string of the molecule is C=CC[C@H]1NC(=O)C[C@H]1O[C@@H](C)c1c(C(C)C)cc(C(C)C)cc1C(C)C. The van der Waals surface area contributed by atoms with Crippen LogP contribution in [-0.4, -0.2) is 18.1 Å². The number of hydrogen-bond acceptors (Lipinski definition) is 2. The molecule has 1 aliphatic rings. The average molecular weight is 372 g/mol. The lowest BCUT2D eigenvalue weighted by Gasteiger charge is -2.29. The molecule has 1 aliphatic heterocycles. The van der Waals surface area contributed by atoms with E-state index in [1.165, 1.54) is 22.3 Å². The van der Waals surface area contributed by atoms with Gasteiger partial charge in [-0.05, 0) is 53.4 Å². The Morgan fingerprint density at radius 1 is 1.07 bits per heavy atom. The van der Waals surface area contributed by atoms with Crippen molar-refractivity contribution >= 4 is 5.91 Å². The fraction of sp³-hybridized carbons (Fsp3) is 0.625. The Labute approximate surface area is 165 Å². The molecule has 3 atom stereocenters. The second kappa shape index (κ2) is 9.05. The van der Waals surface area contributed by atoms with Crippen LogP contribution in [0.15, 0.2) is 24.8 Å². The minimum atomic E-state index is -0.102. The summed E-state index contributed by atoms with van der Waals surface area (Å²) in [6.07, 6.45) is 2.87. The van der Waals surface area contributed by atoms with Crippen LogP contribution in [0.4, 0.5) is 0 Å². The molecular formula is C24H37NO2. The maximum absolute atomic E-state index is 11.9. The van der Waals surface area contributed by atoms with Gasteiger partial charge in [0.2, 0.25) is 5.91 Å². The highest BCUT2D eigenvalue weighted by Gasteiger charge is 2.34. The van der Waals surface area contributed by atoms with Gasteiger partial charge in [-0.3, -0.25) is 4.79 Å². The first kappa shape index (κ1) is 21.7. The van der Waals surface area contributed by atoms with Gasteiger partial charge in [-0.25, -0.2) is 0 Å². The van der Waals surface area contributed by atoms with E-state index >= 15 is 0 Å². The number of hydrogen-bond donors (Lipinski definition) is 1. The van der Waals surface area contributed by atoms with E-state index in [4.69, 9.17) is 4.74 Å². The molecule has 27 heavy (non-hydrogen) atoms. The van der Waals surface area contributed by atoms with Gasteiger partial charge in [0.05, 0.1) is 24.7 Å². The Balaban J connectivity index is 2.42. The zero-order chi connectivity index (χ0) is 20.3. The van der Waals surface area contributed by atoms with Crippen LogP contribution in [0.1, 0.15) is 107 Å². The first-order valence-electron chi connectivity index (χ1n) is 10.4. The molecule has 1 fully saturated rings. The van der Waals surface area contributed by atoms with Crippen molar-refractivity contribution in [3.8, 4) is 0 Å². The summed E-state index contributed by atoms with van der Waals surface area (Å²) in [5.41, 5.74) is 5.44. The highest BCUT2D eigenvalue weighted by Crippen LogP contribution is 2.38. The first-order valence-corrected chi connectivity index (χ1v) is 10.4. The smallest absolute Gasteiger partial charge is 0.223 e. The van der Waals surface area contributed by atoms with Crippen LogP contribution in [0, 0.1) is 0 Å².